The highest BCUT2D eigenvalue weighted by atomic mass is 16.6. The molecule has 5 heteroatoms. The molecule has 0 heterocycles. The average Bonchev–Trinajstić information content (AvgIpc) is 2.27. The fourth-order valence-corrected chi connectivity index (χ4v) is 1.32. The quantitative estimate of drug-likeness (QED) is 0.578. The molecule has 0 fully saturated rings. The van der Waals surface area contributed by atoms with Crippen LogP contribution in [0.2, 0.25) is 0 Å². The Hall–Kier alpha value is -2.17. The molecule has 0 saturated heterocycles. The number of nitrogens with one attached hydrogen (secondary N) is 1. The number of phenolic OH excluding ortho intramolecular Hbond substituents is 1. The number of hydrogen-bond acceptors (Lipinski definition) is 4. The van der Waals surface area contributed by atoms with E-state index in [1.165, 1.54) is 0 Å². The molecule has 4 N–H and O–H groups in total. The summed E-state index contributed by atoms with van der Waals surface area (Å²) in [7, 11) is 0. The van der Waals surface area contributed by atoms with Crippen molar-refractivity contribution in [2.45, 2.75) is 26.4 Å². The lowest BCUT2D eigenvalue weighted by Crippen LogP contribution is -2.32. The fraction of sp³-hybridized carbons (Fsp3) is 0.357. The van der Waals surface area contributed by atoms with E-state index in [-0.39, 0.29) is 5.75 Å². The Labute approximate surface area is 113 Å². The summed E-state index contributed by atoms with van der Waals surface area (Å²) in [5.41, 5.74) is 6.13. The summed E-state index contributed by atoms with van der Waals surface area (Å²) < 4.78 is 5.08. The minimum Gasteiger partial charge on any atom is -0.506 e. The van der Waals surface area contributed by atoms with Crippen LogP contribution >= 0.6 is 0 Å². The number of ether oxygens (including phenoxy) is 1. The monoisotopic (exact) mass is 264 g/mol. The van der Waals surface area contributed by atoms with Crippen LogP contribution in [0.5, 0.6) is 5.75 Å². The predicted octanol–water partition coefficient (Wildman–Crippen LogP) is 2.51. The number of benzene rings is 1. The first-order valence-corrected chi connectivity index (χ1v) is 6.00. The largest absolute Gasteiger partial charge is 0.506 e. The van der Waals surface area contributed by atoms with Crippen LogP contribution in [0.3, 0.4) is 0 Å². The molecule has 1 amide bonds. The number of nitrogens with two attached hydrogens (primary N) is 1. The summed E-state index contributed by atoms with van der Waals surface area (Å²) in [6, 6.07) is 4.95. The zero-order valence-electron chi connectivity index (χ0n) is 11.4. The topological polar surface area (TPSA) is 84.6 Å². The van der Waals surface area contributed by atoms with Gasteiger partial charge in [0.1, 0.15) is 11.4 Å². The SMILES string of the molecule is CC(C)(C)OC(=O)NCC=Cc1ccc(N)c(O)c1. The van der Waals surface area contributed by atoms with E-state index in [1.807, 2.05) is 0 Å². The van der Waals surface area contributed by atoms with Crippen molar-refractivity contribution < 1.29 is 14.6 Å². The number of rotatable bonds is 3. The van der Waals surface area contributed by atoms with Gasteiger partial charge in [-0.1, -0.05) is 18.2 Å². The lowest BCUT2D eigenvalue weighted by Gasteiger charge is -2.19. The minimum absolute atomic E-state index is 0.0438. The Kier molecular flexibility index (Phi) is 4.80. The average molecular weight is 264 g/mol. The zero-order valence-corrected chi connectivity index (χ0v) is 11.4. The van der Waals surface area contributed by atoms with Gasteiger partial charge in [-0.25, -0.2) is 4.79 Å². The maximum Gasteiger partial charge on any atom is 0.407 e. The van der Waals surface area contributed by atoms with Crippen LogP contribution in [0.4, 0.5) is 10.5 Å². The van der Waals surface area contributed by atoms with Gasteiger partial charge in [-0.2, -0.15) is 0 Å². The maximum absolute atomic E-state index is 11.3. The first kappa shape index (κ1) is 14.9. The van der Waals surface area contributed by atoms with Crippen molar-refractivity contribution in [3.05, 3.63) is 29.8 Å². The molecule has 0 aromatic heterocycles. The molecule has 0 aliphatic heterocycles. The highest BCUT2D eigenvalue weighted by Crippen LogP contribution is 2.21. The molecule has 0 bridgehead atoms. The third kappa shape index (κ3) is 5.81. The first-order valence-electron chi connectivity index (χ1n) is 6.00. The van der Waals surface area contributed by atoms with Gasteiger partial charge < -0.3 is 20.9 Å². The van der Waals surface area contributed by atoms with E-state index in [0.29, 0.717) is 12.2 Å². The van der Waals surface area contributed by atoms with E-state index >= 15 is 0 Å². The summed E-state index contributed by atoms with van der Waals surface area (Å²) in [6.45, 7) is 5.76. The molecule has 5 nitrogen and oxygen atoms in total. The van der Waals surface area contributed by atoms with Crippen LogP contribution in [0.1, 0.15) is 26.3 Å². The van der Waals surface area contributed by atoms with Gasteiger partial charge in [0.15, 0.2) is 0 Å². The molecule has 0 saturated carbocycles. The Morgan fingerprint density at radius 3 is 2.74 bits per heavy atom. The lowest BCUT2D eigenvalue weighted by molar-refractivity contribution is 0.0534. The van der Waals surface area contributed by atoms with Crippen LogP contribution < -0.4 is 11.1 Å². The number of alkyl carbamates (subject to hydrolysis) is 1. The number of carbonyl (C=O) groups is 1. The van der Waals surface area contributed by atoms with Crippen molar-refractivity contribution in [3.8, 4) is 5.75 Å². The lowest BCUT2D eigenvalue weighted by atomic mass is 10.2. The number of carbonyl (C=O) groups excluding carboxylic acids is 1. The van der Waals surface area contributed by atoms with Gasteiger partial charge >= 0.3 is 6.09 Å². The second-order valence-electron chi connectivity index (χ2n) is 5.10. The number of aromatic hydroxyl groups is 1. The normalized spacial score (nSPS) is 11.5. The molecule has 0 unspecified atom stereocenters. The molecule has 104 valence electrons. The molecule has 0 aliphatic carbocycles. The van der Waals surface area contributed by atoms with Crippen molar-refractivity contribution in [1.82, 2.24) is 5.32 Å². The van der Waals surface area contributed by atoms with E-state index in [4.69, 9.17) is 10.5 Å². The molecular weight excluding hydrogens is 244 g/mol. The summed E-state index contributed by atoms with van der Waals surface area (Å²) >= 11 is 0. The number of anilines is 1. The van der Waals surface area contributed by atoms with E-state index in [2.05, 4.69) is 5.32 Å². The van der Waals surface area contributed by atoms with Crippen molar-refractivity contribution in [3.63, 3.8) is 0 Å². The van der Waals surface area contributed by atoms with Crippen LogP contribution in [0.15, 0.2) is 24.3 Å². The first-order chi connectivity index (χ1) is 8.78. The molecule has 19 heavy (non-hydrogen) atoms. The van der Waals surface area contributed by atoms with Crippen molar-refractivity contribution in [2.24, 2.45) is 0 Å². The maximum atomic E-state index is 11.3. The number of amides is 1. The van der Waals surface area contributed by atoms with E-state index in [0.717, 1.165) is 5.56 Å². The van der Waals surface area contributed by atoms with Gasteiger partial charge in [0, 0.05) is 6.54 Å². The number of nitrogen functional groups attached to an aromatic ring is 1. The molecule has 1 aromatic carbocycles. The third-order valence-corrected chi connectivity index (χ3v) is 2.13. The Bertz CT molecular complexity index is 476. The van der Waals surface area contributed by atoms with Crippen molar-refractivity contribution >= 4 is 17.9 Å². The second kappa shape index (κ2) is 6.13. The van der Waals surface area contributed by atoms with Gasteiger partial charge in [-0.15, -0.1) is 0 Å². The Morgan fingerprint density at radius 2 is 2.16 bits per heavy atom. The molecule has 0 spiro atoms. The van der Waals surface area contributed by atoms with Gasteiger partial charge in [-0.3, -0.25) is 0 Å². The highest BCUT2D eigenvalue weighted by Gasteiger charge is 2.14. The third-order valence-electron chi connectivity index (χ3n) is 2.13. The predicted molar refractivity (Wildman–Crippen MR) is 75.8 cm³/mol. The molecule has 0 aliphatic rings. The van der Waals surface area contributed by atoms with Crippen LogP contribution in [-0.4, -0.2) is 23.3 Å². The smallest absolute Gasteiger partial charge is 0.407 e. The summed E-state index contributed by atoms with van der Waals surface area (Å²) in [5.74, 6) is 0.0438. The minimum atomic E-state index is -0.503. The van der Waals surface area contributed by atoms with E-state index in [9.17, 15) is 9.90 Å². The molecule has 1 aromatic rings. The van der Waals surface area contributed by atoms with Crippen LogP contribution in [-0.2, 0) is 4.74 Å². The Balaban J connectivity index is 2.42. The summed E-state index contributed by atoms with van der Waals surface area (Å²) in [6.07, 6.45) is 3.07. The Morgan fingerprint density at radius 1 is 1.47 bits per heavy atom. The number of phenols is 1. The summed E-state index contributed by atoms with van der Waals surface area (Å²) in [5, 5.41) is 12.0. The van der Waals surface area contributed by atoms with E-state index < -0.39 is 11.7 Å². The van der Waals surface area contributed by atoms with Crippen molar-refractivity contribution in [1.29, 1.82) is 0 Å². The molecule has 1 rings (SSSR count). The van der Waals surface area contributed by atoms with Gasteiger partial charge in [0.2, 0.25) is 0 Å². The van der Waals surface area contributed by atoms with Gasteiger partial charge in [0.25, 0.3) is 0 Å². The van der Waals surface area contributed by atoms with E-state index in [1.54, 1.807) is 51.1 Å². The zero-order chi connectivity index (χ0) is 14.5. The van der Waals surface area contributed by atoms with Gasteiger partial charge in [0.05, 0.1) is 5.69 Å². The molecular formula is C14H20N2O3. The standard InChI is InChI=1S/C14H20N2O3/c1-14(2,3)19-13(18)16-8-4-5-10-6-7-11(15)12(17)9-10/h4-7,9,17H,8,15H2,1-3H3,(H,16,18). The molecule has 0 radical (unpaired) electrons. The van der Waals surface area contributed by atoms with Crippen molar-refractivity contribution in [2.75, 3.05) is 12.3 Å². The van der Waals surface area contributed by atoms with Crippen LogP contribution in [0.25, 0.3) is 6.08 Å². The fourth-order valence-electron chi connectivity index (χ4n) is 1.32. The summed E-state index contributed by atoms with van der Waals surface area (Å²) in [4.78, 5) is 11.3. The van der Waals surface area contributed by atoms with Crippen LogP contribution in [0, 0.1) is 0 Å². The highest BCUT2D eigenvalue weighted by molar-refractivity contribution is 5.68. The number of hydrogen-bond donors (Lipinski definition) is 3. The second-order valence-corrected chi connectivity index (χ2v) is 5.10. The molecule has 0 atom stereocenters. The van der Waals surface area contributed by atoms with Gasteiger partial charge in [-0.05, 0) is 38.5 Å².